The maximum absolute atomic E-state index is 12.4. The molecule has 0 aliphatic carbocycles. The summed E-state index contributed by atoms with van der Waals surface area (Å²) in [5.74, 6) is 0.355. The van der Waals surface area contributed by atoms with E-state index in [4.69, 9.17) is 4.74 Å². The van der Waals surface area contributed by atoms with Gasteiger partial charge in [0.1, 0.15) is 11.3 Å². The number of hydrogen-bond donors (Lipinski definition) is 2. The second kappa shape index (κ2) is 7.31. The topological polar surface area (TPSA) is 80.3 Å². The zero-order valence-corrected chi connectivity index (χ0v) is 14.6. The summed E-state index contributed by atoms with van der Waals surface area (Å²) < 4.78 is 6.23. The molecule has 0 spiro atoms. The molecule has 0 radical (unpaired) electrons. The minimum Gasteiger partial charge on any atom is -0.494 e. The second-order valence-corrected chi connectivity index (χ2v) is 6.42. The van der Waals surface area contributed by atoms with E-state index >= 15 is 0 Å². The number of methoxy groups -OCH3 is 1. The van der Waals surface area contributed by atoms with Crippen LogP contribution in [0.15, 0.2) is 42.5 Å². The monoisotopic (exact) mass is 355 g/mol. The molecule has 0 aliphatic heterocycles. The minimum atomic E-state index is -0.232. The average Bonchev–Trinajstić information content (AvgIpc) is 3.02. The molecule has 1 heterocycles. The van der Waals surface area contributed by atoms with Crippen LogP contribution in [0.5, 0.6) is 5.75 Å². The van der Waals surface area contributed by atoms with Crippen LogP contribution < -0.4 is 15.4 Å². The summed E-state index contributed by atoms with van der Waals surface area (Å²) in [4.78, 5) is 27.7. The molecule has 2 N–H and O–H groups in total. The lowest BCUT2D eigenvalue weighted by Crippen LogP contribution is -2.19. The van der Waals surface area contributed by atoms with Crippen LogP contribution in [0.2, 0.25) is 0 Å². The van der Waals surface area contributed by atoms with Crippen molar-refractivity contribution in [3.05, 3.63) is 53.6 Å². The molecule has 0 atom stereocenters. The number of amides is 2. The van der Waals surface area contributed by atoms with Crippen LogP contribution >= 0.6 is 11.3 Å². The molecule has 2 aromatic carbocycles. The van der Waals surface area contributed by atoms with Crippen molar-refractivity contribution in [3.63, 3.8) is 0 Å². The third-order valence-electron chi connectivity index (χ3n) is 3.58. The van der Waals surface area contributed by atoms with Crippen LogP contribution in [0.4, 0.5) is 5.13 Å². The Hall–Kier alpha value is -2.93. The number of rotatable bonds is 5. The predicted octanol–water partition coefficient (Wildman–Crippen LogP) is 3.19. The predicted molar refractivity (Wildman–Crippen MR) is 98.1 cm³/mol. The van der Waals surface area contributed by atoms with Crippen molar-refractivity contribution in [2.75, 3.05) is 12.4 Å². The van der Waals surface area contributed by atoms with Gasteiger partial charge in [-0.15, -0.1) is 0 Å². The van der Waals surface area contributed by atoms with Gasteiger partial charge in [-0.25, -0.2) is 4.98 Å². The Labute approximate surface area is 148 Å². The van der Waals surface area contributed by atoms with E-state index < -0.39 is 0 Å². The second-order valence-electron chi connectivity index (χ2n) is 5.39. The Kier molecular flexibility index (Phi) is 4.95. The van der Waals surface area contributed by atoms with Crippen LogP contribution in [0, 0.1) is 0 Å². The summed E-state index contributed by atoms with van der Waals surface area (Å²) in [5, 5.41) is 6.05. The van der Waals surface area contributed by atoms with Crippen LogP contribution in [-0.4, -0.2) is 23.9 Å². The van der Waals surface area contributed by atoms with Crippen molar-refractivity contribution in [1.29, 1.82) is 0 Å². The molecule has 3 rings (SSSR count). The number of thiazole rings is 1. The van der Waals surface area contributed by atoms with Crippen molar-refractivity contribution in [3.8, 4) is 5.75 Å². The van der Waals surface area contributed by atoms with E-state index in [1.165, 1.54) is 18.3 Å². The molecule has 0 saturated heterocycles. The number of fused-ring (bicyclic) bond motifs is 1. The van der Waals surface area contributed by atoms with Crippen molar-refractivity contribution in [2.45, 2.75) is 13.5 Å². The highest BCUT2D eigenvalue weighted by Gasteiger charge is 2.12. The zero-order chi connectivity index (χ0) is 17.8. The van der Waals surface area contributed by atoms with Crippen LogP contribution in [0.25, 0.3) is 10.2 Å². The SMILES string of the molecule is COc1cccc2sc(NC(=O)c3ccc(CNC(C)=O)cc3)nc12. The highest BCUT2D eigenvalue weighted by Crippen LogP contribution is 2.32. The summed E-state index contributed by atoms with van der Waals surface area (Å²) in [6.07, 6.45) is 0. The van der Waals surface area contributed by atoms with Crippen LogP contribution in [0.3, 0.4) is 0 Å². The first-order valence-corrected chi connectivity index (χ1v) is 8.47. The quantitative estimate of drug-likeness (QED) is 0.736. The fourth-order valence-corrected chi connectivity index (χ4v) is 3.19. The first-order valence-electron chi connectivity index (χ1n) is 7.65. The van der Waals surface area contributed by atoms with E-state index in [1.54, 1.807) is 19.2 Å². The van der Waals surface area contributed by atoms with Gasteiger partial charge in [-0.05, 0) is 29.8 Å². The zero-order valence-electron chi connectivity index (χ0n) is 13.8. The number of aromatic nitrogens is 1. The highest BCUT2D eigenvalue weighted by atomic mass is 32.1. The normalized spacial score (nSPS) is 10.5. The Bertz CT molecular complexity index is 919. The van der Waals surface area contributed by atoms with E-state index in [1.807, 2.05) is 30.3 Å². The number of ether oxygens (including phenoxy) is 1. The smallest absolute Gasteiger partial charge is 0.257 e. The van der Waals surface area contributed by atoms with Crippen molar-refractivity contribution in [1.82, 2.24) is 10.3 Å². The van der Waals surface area contributed by atoms with E-state index in [0.29, 0.717) is 23.0 Å². The molecule has 128 valence electrons. The van der Waals surface area contributed by atoms with E-state index in [0.717, 1.165) is 15.8 Å². The fourth-order valence-electron chi connectivity index (χ4n) is 2.31. The average molecular weight is 355 g/mol. The molecule has 7 heteroatoms. The molecule has 0 unspecified atom stereocenters. The van der Waals surface area contributed by atoms with E-state index in [9.17, 15) is 9.59 Å². The number of para-hydroxylation sites is 1. The summed E-state index contributed by atoms with van der Waals surface area (Å²) in [7, 11) is 1.59. The van der Waals surface area contributed by atoms with Crippen molar-refractivity contribution in [2.24, 2.45) is 0 Å². The van der Waals surface area contributed by atoms with Gasteiger partial charge in [0.2, 0.25) is 5.91 Å². The number of anilines is 1. The minimum absolute atomic E-state index is 0.0897. The molecular weight excluding hydrogens is 338 g/mol. The van der Waals surface area contributed by atoms with Gasteiger partial charge in [-0.3, -0.25) is 14.9 Å². The van der Waals surface area contributed by atoms with Gasteiger partial charge in [-0.2, -0.15) is 0 Å². The van der Waals surface area contributed by atoms with Gasteiger partial charge in [0.15, 0.2) is 5.13 Å². The van der Waals surface area contributed by atoms with Gasteiger partial charge in [0.05, 0.1) is 11.8 Å². The first kappa shape index (κ1) is 16.9. The standard InChI is InChI=1S/C18H17N3O3S/c1-11(22)19-10-12-6-8-13(9-7-12)17(23)21-18-20-16-14(24-2)4-3-5-15(16)25-18/h3-9H,10H2,1-2H3,(H,19,22)(H,20,21,23). The Morgan fingerprint density at radius 2 is 1.92 bits per heavy atom. The maximum atomic E-state index is 12.4. The highest BCUT2D eigenvalue weighted by molar-refractivity contribution is 7.22. The molecule has 0 bridgehead atoms. The van der Waals surface area contributed by atoms with Crippen LogP contribution in [0.1, 0.15) is 22.8 Å². The number of benzene rings is 2. The number of carbonyl (C=O) groups is 2. The van der Waals surface area contributed by atoms with Crippen LogP contribution in [-0.2, 0) is 11.3 Å². The third kappa shape index (κ3) is 3.95. The molecular formula is C18H17N3O3S. The Morgan fingerprint density at radius 1 is 1.16 bits per heavy atom. The van der Waals surface area contributed by atoms with Gasteiger partial charge in [-0.1, -0.05) is 29.5 Å². The molecule has 0 fully saturated rings. The van der Waals surface area contributed by atoms with Gasteiger partial charge < -0.3 is 10.1 Å². The summed E-state index contributed by atoms with van der Waals surface area (Å²) >= 11 is 1.39. The number of carbonyl (C=O) groups excluding carboxylic acids is 2. The summed E-state index contributed by atoms with van der Waals surface area (Å²) in [6, 6.07) is 12.7. The molecule has 3 aromatic rings. The fraction of sp³-hybridized carbons (Fsp3) is 0.167. The first-order chi connectivity index (χ1) is 12.1. The van der Waals surface area contributed by atoms with E-state index in [2.05, 4.69) is 15.6 Å². The summed E-state index contributed by atoms with van der Waals surface area (Å²) in [6.45, 7) is 1.91. The molecule has 2 amide bonds. The number of nitrogens with zero attached hydrogens (tertiary/aromatic N) is 1. The van der Waals surface area contributed by atoms with E-state index in [-0.39, 0.29) is 11.8 Å². The number of hydrogen-bond acceptors (Lipinski definition) is 5. The Balaban J connectivity index is 1.72. The molecule has 1 aromatic heterocycles. The number of nitrogens with one attached hydrogen (secondary N) is 2. The lowest BCUT2D eigenvalue weighted by Gasteiger charge is -2.05. The van der Waals surface area contributed by atoms with Gasteiger partial charge in [0.25, 0.3) is 5.91 Å². The van der Waals surface area contributed by atoms with Gasteiger partial charge in [0, 0.05) is 19.0 Å². The lowest BCUT2D eigenvalue weighted by atomic mass is 10.1. The Morgan fingerprint density at radius 3 is 2.60 bits per heavy atom. The maximum Gasteiger partial charge on any atom is 0.257 e. The van der Waals surface area contributed by atoms with Crippen molar-refractivity contribution < 1.29 is 14.3 Å². The third-order valence-corrected chi connectivity index (χ3v) is 4.52. The summed E-state index contributed by atoms with van der Waals surface area (Å²) in [5.41, 5.74) is 2.19. The van der Waals surface area contributed by atoms with Crippen molar-refractivity contribution >= 4 is 38.5 Å². The molecule has 0 aliphatic rings. The molecule has 0 saturated carbocycles. The largest absolute Gasteiger partial charge is 0.494 e. The lowest BCUT2D eigenvalue weighted by molar-refractivity contribution is -0.119. The molecule has 25 heavy (non-hydrogen) atoms. The molecule has 6 nitrogen and oxygen atoms in total. The van der Waals surface area contributed by atoms with Gasteiger partial charge >= 0.3 is 0 Å².